The van der Waals surface area contributed by atoms with E-state index in [0.29, 0.717) is 20.9 Å². The highest BCUT2D eigenvalue weighted by Crippen LogP contribution is 2.33. The van der Waals surface area contributed by atoms with E-state index in [9.17, 15) is 4.79 Å². The van der Waals surface area contributed by atoms with Crippen molar-refractivity contribution < 1.29 is 9.53 Å². The zero-order chi connectivity index (χ0) is 13.7. The fourth-order valence-electron chi connectivity index (χ4n) is 1.37. The van der Waals surface area contributed by atoms with Crippen LogP contribution in [0.4, 0.5) is 0 Å². The fourth-order valence-corrected chi connectivity index (χ4v) is 3.10. The number of rotatable bonds is 5. The average molecular weight is 494 g/mol. The van der Waals surface area contributed by atoms with Crippen LogP contribution >= 0.6 is 56.8 Å². The molecule has 0 aromatic carbocycles. The van der Waals surface area contributed by atoms with Crippen molar-refractivity contribution >= 4 is 62.8 Å². The molecule has 1 rings (SSSR count). The van der Waals surface area contributed by atoms with Gasteiger partial charge < -0.3 is 4.74 Å². The average Bonchev–Trinajstić information content (AvgIpc) is 2.32. The lowest BCUT2D eigenvalue weighted by molar-refractivity contribution is -0.134. The highest BCUT2D eigenvalue weighted by molar-refractivity contribution is 14.1. The molecule has 0 bridgehead atoms. The molecule has 6 heteroatoms. The van der Waals surface area contributed by atoms with Gasteiger partial charge in [-0.25, -0.2) is 4.98 Å². The molecule has 0 unspecified atom stereocenters. The van der Waals surface area contributed by atoms with Gasteiger partial charge in [-0.05, 0) is 58.5 Å². The van der Waals surface area contributed by atoms with Gasteiger partial charge in [-0.1, -0.05) is 31.4 Å². The molecule has 0 saturated carbocycles. The van der Waals surface area contributed by atoms with E-state index in [-0.39, 0.29) is 5.97 Å². The number of esters is 1. The standard InChI is InChI=1S/C12H14ClI2NO2/c1-3-4-5-6-8(17)18-11-9(14)7(2)16-12(13)10(11)15/h3-6H2,1-2H3. The third-order valence-corrected chi connectivity index (χ3v) is 5.23. The Morgan fingerprint density at radius 3 is 2.61 bits per heavy atom. The lowest BCUT2D eigenvalue weighted by Crippen LogP contribution is -2.11. The molecule has 0 spiro atoms. The molecule has 1 aromatic rings. The highest BCUT2D eigenvalue weighted by Gasteiger charge is 2.17. The smallest absolute Gasteiger partial charge is 0.311 e. The number of nitrogens with zero attached hydrogens (tertiary/aromatic N) is 1. The molecule has 0 radical (unpaired) electrons. The topological polar surface area (TPSA) is 39.2 Å². The van der Waals surface area contributed by atoms with Gasteiger partial charge in [-0.2, -0.15) is 0 Å². The Morgan fingerprint density at radius 2 is 2.00 bits per heavy atom. The molecule has 3 nitrogen and oxygen atoms in total. The lowest BCUT2D eigenvalue weighted by Gasteiger charge is -2.11. The molecule has 0 amide bonds. The van der Waals surface area contributed by atoms with Crippen molar-refractivity contribution in [3.63, 3.8) is 0 Å². The van der Waals surface area contributed by atoms with Crippen LogP contribution in [0.3, 0.4) is 0 Å². The third-order valence-electron chi connectivity index (χ3n) is 2.36. The van der Waals surface area contributed by atoms with E-state index >= 15 is 0 Å². The molecule has 0 atom stereocenters. The van der Waals surface area contributed by atoms with Crippen molar-refractivity contribution in [2.45, 2.75) is 39.5 Å². The van der Waals surface area contributed by atoms with Crippen molar-refractivity contribution in [1.29, 1.82) is 0 Å². The van der Waals surface area contributed by atoms with E-state index in [1.807, 2.05) is 29.5 Å². The van der Waals surface area contributed by atoms with Gasteiger partial charge in [0, 0.05) is 6.42 Å². The van der Waals surface area contributed by atoms with E-state index in [1.165, 1.54) is 0 Å². The first-order chi connectivity index (χ1) is 8.47. The lowest BCUT2D eigenvalue weighted by atomic mass is 10.2. The maximum absolute atomic E-state index is 11.7. The summed E-state index contributed by atoms with van der Waals surface area (Å²) < 4.78 is 6.93. The maximum atomic E-state index is 11.7. The number of hydrogen-bond donors (Lipinski definition) is 0. The summed E-state index contributed by atoms with van der Waals surface area (Å²) in [5.74, 6) is 0.330. The minimum Gasteiger partial charge on any atom is -0.424 e. The summed E-state index contributed by atoms with van der Waals surface area (Å²) in [5.41, 5.74) is 0.775. The van der Waals surface area contributed by atoms with Crippen LogP contribution in [-0.4, -0.2) is 11.0 Å². The van der Waals surface area contributed by atoms with Crippen molar-refractivity contribution in [3.05, 3.63) is 18.0 Å². The molecule has 100 valence electrons. The van der Waals surface area contributed by atoms with E-state index in [2.05, 4.69) is 34.5 Å². The number of halogens is 3. The van der Waals surface area contributed by atoms with Gasteiger partial charge >= 0.3 is 5.97 Å². The van der Waals surface area contributed by atoms with E-state index in [1.54, 1.807) is 0 Å². The van der Waals surface area contributed by atoms with Crippen molar-refractivity contribution in [1.82, 2.24) is 4.98 Å². The van der Waals surface area contributed by atoms with Gasteiger partial charge in [-0.15, -0.1) is 0 Å². The Labute approximate surface area is 139 Å². The second kappa shape index (κ2) is 7.84. The number of unbranched alkanes of at least 4 members (excludes halogenated alkanes) is 2. The Hall–Kier alpha value is 0.370. The molecule has 0 aliphatic carbocycles. The van der Waals surface area contributed by atoms with Crippen molar-refractivity contribution in [2.75, 3.05) is 0 Å². The summed E-state index contributed by atoms with van der Waals surface area (Å²) in [7, 11) is 0. The molecular formula is C12H14ClI2NO2. The first kappa shape index (κ1) is 16.4. The minimum absolute atomic E-state index is 0.207. The summed E-state index contributed by atoms with van der Waals surface area (Å²) >= 11 is 10.2. The maximum Gasteiger partial charge on any atom is 0.311 e. The molecule has 0 fully saturated rings. The quantitative estimate of drug-likeness (QED) is 0.258. The SMILES string of the molecule is CCCCCC(=O)Oc1c(I)c(C)nc(Cl)c1I. The molecule has 1 aromatic heterocycles. The summed E-state index contributed by atoms with van der Waals surface area (Å²) in [6, 6.07) is 0. The van der Waals surface area contributed by atoms with Crippen LogP contribution < -0.4 is 4.74 Å². The van der Waals surface area contributed by atoms with Gasteiger partial charge in [0.1, 0.15) is 5.15 Å². The van der Waals surface area contributed by atoms with Crippen LogP contribution in [0.15, 0.2) is 0 Å². The zero-order valence-electron chi connectivity index (χ0n) is 10.2. The van der Waals surface area contributed by atoms with E-state index in [4.69, 9.17) is 16.3 Å². The first-order valence-electron chi connectivity index (χ1n) is 5.69. The number of aromatic nitrogens is 1. The number of pyridine rings is 1. The van der Waals surface area contributed by atoms with Gasteiger partial charge in [0.15, 0.2) is 5.75 Å². The molecule has 18 heavy (non-hydrogen) atoms. The van der Waals surface area contributed by atoms with Crippen LogP contribution in [0.2, 0.25) is 5.15 Å². The molecule has 0 aliphatic rings. The predicted molar refractivity (Wildman–Crippen MR) is 89.2 cm³/mol. The number of carbonyl (C=O) groups is 1. The van der Waals surface area contributed by atoms with Crippen molar-refractivity contribution in [2.24, 2.45) is 0 Å². The third kappa shape index (κ3) is 4.48. The van der Waals surface area contributed by atoms with E-state index < -0.39 is 0 Å². The molecule has 0 saturated heterocycles. The molecular weight excluding hydrogens is 479 g/mol. The van der Waals surface area contributed by atoms with Crippen LogP contribution in [0, 0.1) is 14.1 Å². The summed E-state index contributed by atoms with van der Waals surface area (Å²) in [4.78, 5) is 15.9. The van der Waals surface area contributed by atoms with Crippen LogP contribution in [-0.2, 0) is 4.79 Å². The first-order valence-corrected chi connectivity index (χ1v) is 8.22. The highest BCUT2D eigenvalue weighted by atomic mass is 127. The molecule has 0 aliphatic heterocycles. The Kier molecular flexibility index (Phi) is 7.15. The summed E-state index contributed by atoms with van der Waals surface area (Å²) in [6.45, 7) is 3.95. The Bertz CT molecular complexity index is 426. The molecule has 0 N–H and O–H groups in total. The van der Waals surface area contributed by atoms with Gasteiger partial charge in [0.2, 0.25) is 0 Å². The Balaban J connectivity index is 2.81. The number of carbonyl (C=O) groups excluding carboxylic acids is 1. The van der Waals surface area contributed by atoms with Gasteiger partial charge in [-0.3, -0.25) is 4.79 Å². The summed E-state index contributed by atoms with van der Waals surface area (Å²) in [6.07, 6.45) is 3.43. The normalized spacial score (nSPS) is 10.5. The fraction of sp³-hybridized carbons (Fsp3) is 0.500. The monoisotopic (exact) mass is 493 g/mol. The Morgan fingerprint density at radius 1 is 1.33 bits per heavy atom. The van der Waals surface area contributed by atoms with Crippen molar-refractivity contribution in [3.8, 4) is 5.75 Å². The molecule has 1 heterocycles. The minimum atomic E-state index is -0.207. The van der Waals surface area contributed by atoms with Gasteiger partial charge in [0.05, 0.1) is 12.8 Å². The largest absolute Gasteiger partial charge is 0.424 e. The number of aryl methyl sites for hydroxylation is 1. The zero-order valence-corrected chi connectivity index (χ0v) is 15.3. The number of ether oxygens (including phenoxy) is 1. The van der Waals surface area contributed by atoms with Gasteiger partial charge in [0.25, 0.3) is 0 Å². The van der Waals surface area contributed by atoms with Crippen LogP contribution in [0.25, 0.3) is 0 Å². The van der Waals surface area contributed by atoms with E-state index in [0.717, 1.165) is 28.5 Å². The van der Waals surface area contributed by atoms with Crippen LogP contribution in [0.5, 0.6) is 5.75 Å². The number of hydrogen-bond acceptors (Lipinski definition) is 3. The second-order valence-corrected chi connectivity index (χ2v) is 6.39. The predicted octanol–water partition coefficient (Wildman–Crippen LogP) is 4.74. The second-order valence-electron chi connectivity index (χ2n) is 3.88. The van der Waals surface area contributed by atoms with Crippen LogP contribution in [0.1, 0.15) is 38.3 Å². The summed E-state index contributed by atoms with van der Waals surface area (Å²) in [5, 5.41) is 0.380.